The lowest BCUT2D eigenvalue weighted by molar-refractivity contribution is -0.114. The minimum atomic E-state index is -0.305. The maximum absolute atomic E-state index is 11.6. The van der Waals surface area contributed by atoms with Crippen molar-refractivity contribution in [3.05, 3.63) is 48.0 Å². The first-order valence-corrected chi connectivity index (χ1v) is 6.36. The number of phenols is 1. The van der Waals surface area contributed by atoms with Gasteiger partial charge < -0.3 is 15.2 Å². The van der Waals surface area contributed by atoms with Crippen LogP contribution in [0.2, 0.25) is 0 Å². The van der Waals surface area contributed by atoms with Gasteiger partial charge in [-0.25, -0.2) is 0 Å². The molecule has 5 nitrogen and oxygen atoms in total. The predicted molar refractivity (Wildman–Crippen MR) is 78.9 cm³/mol. The third kappa shape index (κ3) is 3.39. The maximum Gasteiger partial charge on any atom is 0.221 e. The summed E-state index contributed by atoms with van der Waals surface area (Å²) in [5, 5.41) is 12.4. The molecule has 0 spiro atoms. The number of benzene rings is 2. The fraction of sp³-hybridized carbons (Fsp3) is 0.125. The van der Waals surface area contributed by atoms with Crippen molar-refractivity contribution in [1.29, 1.82) is 0 Å². The van der Waals surface area contributed by atoms with E-state index < -0.39 is 0 Å². The molecule has 108 valence electrons. The maximum atomic E-state index is 11.6. The number of nitrogens with one attached hydrogen (secondary N) is 1. The van der Waals surface area contributed by atoms with E-state index in [0.29, 0.717) is 11.4 Å². The van der Waals surface area contributed by atoms with Crippen molar-refractivity contribution in [3.63, 3.8) is 0 Å². The highest BCUT2D eigenvalue weighted by Crippen LogP contribution is 2.34. The highest BCUT2D eigenvalue weighted by molar-refractivity contribution is 5.99. The highest BCUT2D eigenvalue weighted by Gasteiger charge is 2.15. The minimum Gasteiger partial charge on any atom is -0.507 e. The van der Waals surface area contributed by atoms with E-state index in [-0.39, 0.29) is 28.8 Å². The molecule has 2 N–H and O–H groups in total. The predicted octanol–water partition coefficient (Wildman–Crippen LogP) is 3.35. The van der Waals surface area contributed by atoms with Crippen molar-refractivity contribution in [2.24, 2.45) is 0 Å². The number of ether oxygens (including phenoxy) is 1. The molecular formula is C16H15NO4. The summed E-state index contributed by atoms with van der Waals surface area (Å²) in [5.74, 6) is -0.0491. The highest BCUT2D eigenvalue weighted by atomic mass is 16.5. The molecule has 2 aromatic carbocycles. The Hall–Kier alpha value is -2.82. The molecule has 0 heterocycles. The zero-order chi connectivity index (χ0) is 15.4. The summed E-state index contributed by atoms with van der Waals surface area (Å²) >= 11 is 0. The largest absolute Gasteiger partial charge is 0.507 e. The van der Waals surface area contributed by atoms with Crippen molar-refractivity contribution < 1.29 is 19.4 Å². The second kappa shape index (κ2) is 6.09. The molecule has 0 radical (unpaired) electrons. The number of amides is 1. The van der Waals surface area contributed by atoms with Crippen molar-refractivity contribution in [3.8, 4) is 17.2 Å². The van der Waals surface area contributed by atoms with Crippen LogP contribution in [0.5, 0.6) is 17.2 Å². The van der Waals surface area contributed by atoms with E-state index in [4.69, 9.17) is 4.74 Å². The number of phenolic OH excluding ortho intramolecular Hbond substituents is 1. The number of hydrogen-bond donors (Lipinski definition) is 2. The van der Waals surface area contributed by atoms with Crippen LogP contribution in [-0.2, 0) is 4.79 Å². The zero-order valence-electron chi connectivity index (χ0n) is 11.7. The van der Waals surface area contributed by atoms with Gasteiger partial charge in [0.05, 0.1) is 5.69 Å². The SMILES string of the molecule is CC(=O)Nc1ccccc1Oc1cccc(O)c1C(C)=O. The first kappa shape index (κ1) is 14.6. The van der Waals surface area contributed by atoms with Crippen LogP contribution in [0.3, 0.4) is 0 Å². The molecule has 0 atom stereocenters. The van der Waals surface area contributed by atoms with Crippen LogP contribution in [0.4, 0.5) is 5.69 Å². The molecule has 21 heavy (non-hydrogen) atoms. The summed E-state index contributed by atoms with van der Waals surface area (Å²) < 4.78 is 5.69. The summed E-state index contributed by atoms with van der Waals surface area (Å²) in [6.45, 7) is 2.74. The standard InChI is InChI=1S/C16H15NO4/c1-10(18)16-13(20)7-5-9-15(16)21-14-8-4-3-6-12(14)17-11(2)19/h3-9,20H,1-2H3,(H,17,19). The lowest BCUT2D eigenvalue weighted by Crippen LogP contribution is -2.07. The number of carbonyl (C=O) groups is 2. The third-order valence-electron chi connectivity index (χ3n) is 2.77. The van der Waals surface area contributed by atoms with Crippen molar-refractivity contribution in [2.75, 3.05) is 5.32 Å². The van der Waals surface area contributed by atoms with Crippen LogP contribution in [0, 0.1) is 0 Å². The molecule has 1 amide bonds. The molecular weight excluding hydrogens is 270 g/mol. The first-order valence-electron chi connectivity index (χ1n) is 6.36. The molecule has 0 saturated carbocycles. The van der Waals surface area contributed by atoms with E-state index in [1.165, 1.54) is 19.9 Å². The summed E-state index contributed by atoms with van der Waals surface area (Å²) in [6, 6.07) is 11.4. The Labute approximate surface area is 122 Å². The number of anilines is 1. The topological polar surface area (TPSA) is 75.6 Å². The van der Waals surface area contributed by atoms with Crippen molar-refractivity contribution in [1.82, 2.24) is 0 Å². The molecule has 0 aromatic heterocycles. The molecule has 0 unspecified atom stereocenters. The first-order chi connectivity index (χ1) is 9.99. The smallest absolute Gasteiger partial charge is 0.221 e. The quantitative estimate of drug-likeness (QED) is 0.845. The van der Waals surface area contributed by atoms with Crippen LogP contribution in [-0.4, -0.2) is 16.8 Å². The lowest BCUT2D eigenvalue weighted by Gasteiger charge is -2.14. The molecule has 2 rings (SSSR count). The molecule has 0 aliphatic rings. The average molecular weight is 285 g/mol. The number of rotatable bonds is 4. The number of ketones is 1. The Morgan fingerprint density at radius 1 is 1.00 bits per heavy atom. The Bertz CT molecular complexity index is 694. The second-order valence-corrected chi connectivity index (χ2v) is 4.49. The Morgan fingerprint density at radius 2 is 1.67 bits per heavy atom. The summed E-state index contributed by atoms with van der Waals surface area (Å²) in [4.78, 5) is 22.8. The van der Waals surface area contributed by atoms with Gasteiger partial charge in [0, 0.05) is 6.92 Å². The Morgan fingerprint density at radius 3 is 2.33 bits per heavy atom. The van der Waals surface area contributed by atoms with Crippen molar-refractivity contribution in [2.45, 2.75) is 13.8 Å². The Kier molecular flexibility index (Phi) is 4.23. The fourth-order valence-corrected chi connectivity index (χ4v) is 1.93. The summed E-state index contributed by atoms with van der Waals surface area (Å²) in [7, 11) is 0. The average Bonchev–Trinajstić information content (AvgIpc) is 2.40. The van der Waals surface area contributed by atoms with E-state index in [9.17, 15) is 14.7 Å². The normalized spacial score (nSPS) is 10.0. The van der Waals surface area contributed by atoms with Crippen LogP contribution < -0.4 is 10.1 Å². The monoisotopic (exact) mass is 285 g/mol. The number of para-hydroxylation sites is 2. The van der Waals surface area contributed by atoms with Gasteiger partial charge in [-0.3, -0.25) is 9.59 Å². The van der Waals surface area contributed by atoms with E-state index in [1.54, 1.807) is 36.4 Å². The fourth-order valence-electron chi connectivity index (χ4n) is 1.93. The number of aromatic hydroxyl groups is 1. The van der Waals surface area contributed by atoms with Gasteiger partial charge >= 0.3 is 0 Å². The minimum absolute atomic E-state index is 0.107. The van der Waals surface area contributed by atoms with Crippen LogP contribution in [0.25, 0.3) is 0 Å². The molecule has 5 heteroatoms. The molecule has 0 fully saturated rings. The summed E-state index contributed by atoms with van der Waals surface area (Å²) in [6.07, 6.45) is 0. The third-order valence-corrected chi connectivity index (χ3v) is 2.77. The van der Waals surface area contributed by atoms with Crippen molar-refractivity contribution >= 4 is 17.4 Å². The van der Waals surface area contributed by atoms with E-state index in [0.717, 1.165) is 0 Å². The van der Waals surface area contributed by atoms with Gasteiger partial charge in [-0.2, -0.15) is 0 Å². The van der Waals surface area contributed by atoms with E-state index in [2.05, 4.69) is 5.32 Å². The van der Waals surface area contributed by atoms with Gasteiger partial charge in [0.1, 0.15) is 17.1 Å². The van der Waals surface area contributed by atoms with Gasteiger partial charge in [0.2, 0.25) is 5.91 Å². The van der Waals surface area contributed by atoms with E-state index in [1.807, 2.05) is 0 Å². The molecule has 0 bridgehead atoms. The number of carbonyl (C=O) groups excluding carboxylic acids is 2. The molecule has 0 saturated heterocycles. The van der Waals surface area contributed by atoms with Gasteiger partial charge in [0.15, 0.2) is 11.5 Å². The van der Waals surface area contributed by atoms with Crippen LogP contribution >= 0.6 is 0 Å². The molecule has 2 aromatic rings. The second-order valence-electron chi connectivity index (χ2n) is 4.49. The van der Waals surface area contributed by atoms with E-state index >= 15 is 0 Å². The van der Waals surface area contributed by atoms with Gasteiger partial charge in [0.25, 0.3) is 0 Å². The molecule has 0 aliphatic carbocycles. The van der Waals surface area contributed by atoms with Gasteiger partial charge in [-0.05, 0) is 31.2 Å². The molecule has 0 aliphatic heterocycles. The zero-order valence-corrected chi connectivity index (χ0v) is 11.7. The van der Waals surface area contributed by atoms with Gasteiger partial charge in [-0.15, -0.1) is 0 Å². The Balaban J connectivity index is 2.42. The summed E-state index contributed by atoms with van der Waals surface area (Å²) in [5.41, 5.74) is 0.595. The lowest BCUT2D eigenvalue weighted by atomic mass is 10.1. The van der Waals surface area contributed by atoms with Crippen LogP contribution in [0.1, 0.15) is 24.2 Å². The van der Waals surface area contributed by atoms with Gasteiger partial charge in [-0.1, -0.05) is 18.2 Å². The number of hydrogen-bond acceptors (Lipinski definition) is 4. The van der Waals surface area contributed by atoms with Crippen LogP contribution in [0.15, 0.2) is 42.5 Å². The number of Topliss-reactive ketones (excluding diaryl/α,β-unsaturated/α-hetero) is 1.